The van der Waals surface area contributed by atoms with Crippen molar-refractivity contribution in [3.8, 4) is 0 Å². The first-order valence-electron chi connectivity index (χ1n) is 6.88. The Bertz CT molecular complexity index is 449. The highest BCUT2D eigenvalue weighted by Gasteiger charge is 2.30. The van der Waals surface area contributed by atoms with Gasteiger partial charge in [-0.05, 0) is 31.4 Å². The van der Waals surface area contributed by atoms with E-state index >= 15 is 0 Å². The highest BCUT2D eigenvalue weighted by molar-refractivity contribution is 5.93. The van der Waals surface area contributed by atoms with Crippen LogP contribution in [0.2, 0.25) is 0 Å². The molecule has 104 valence electrons. The number of hydrogen-bond acceptors (Lipinski definition) is 4. The summed E-state index contributed by atoms with van der Waals surface area (Å²) in [5.74, 6) is 0.465. The lowest BCUT2D eigenvalue weighted by atomic mass is 10.0. The molecule has 5 heteroatoms. The van der Waals surface area contributed by atoms with Crippen LogP contribution in [0.25, 0.3) is 0 Å². The zero-order chi connectivity index (χ0) is 13.8. The van der Waals surface area contributed by atoms with Crippen molar-refractivity contribution in [2.75, 3.05) is 24.5 Å². The van der Waals surface area contributed by atoms with E-state index in [4.69, 9.17) is 5.73 Å². The van der Waals surface area contributed by atoms with Gasteiger partial charge < -0.3 is 16.0 Å². The number of pyridine rings is 1. The number of hydrogen-bond donors (Lipinski definition) is 2. The highest BCUT2D eigenvalue weighted by atomic mass is 16.1. The van der Waals surface area contributed by atoms with Gasteiger partial charge in [-0.3, -0.25) is 9.78 Å². The van der Waals surface area contributed by atoms with E-state index in [-0.39, 0.29) is 5.91 Å². The minimum absolute atomic E-state index is 0.124. The number of rotatable bonds is 4. The zero-order valence-corrected chi connectivity index (χ0v) is 11.6. The Morgan fingerprint density at radius 1 is 1.63 bits per heavy atom. The molecule has 19 heavy (non-hydrogen) atoms. The highest BCUT2D eigenvalue weighted by Crippen LogP contribution is 2.29. The van der Waals surface area contributed by atoms with Gasteiger partial charge in [0, 0.05) is 37.6 Å². The Hall–Kier alpha value is -1.62. The number of carbonyl (C=O) groups is 1. The Kier molecular flexibility index (Phi) is 4.37. The Balaban J connectivity index is 2.21. The number of nitrogens with zero attached hydrogens (tertiary/aromatic N) is 2. The Morgan fingerprint density at radius 2 is 2.42 bits per heavy atom. The van der Waals surface area contributed by atoms with Gasteiger partial charge in [-0.25, -0.2) is 0 Å². The summed E-state index contributed by atoms with van der Waals surface area (Å²) in [4.78, 5) is 18.2. The minimum Gasteiger partial charge on any atom is -0.367 e. The predicted molar refractivity (Wildman–Crippen MR) is 76.2 cm³/mol. The van der Waals surface area contributed by atoms with Gasteiger partial charge in [0.15, 0.2) is 0 Å². The van der Waals surface area contributed by atoms with Crippen LogP contribution in [-0.2, 0) is 0 Å². The third kappa shape index (κ3) is 2.87. The smallest absolute Gasteiger partial charge is 0.269 e. The van der Waals surface area contributed by atoms with Crippen LogP contribution >= 0.6 is 0 Å². The molecule has 2 rings (SSSR count). The van der Waals surface area contributed by atoms with Crippen molar-refractivity contribution in [1.29, 1.82) is 0 Å². The molecule has 3 N–H and O–H groups in total. The molecule has 2 atom stereocenters. The largest absolute Gasteiger partial charge is 0.367 e. The number of nitrogens with two attached hydrogens (primary N) is 1. The van der Waals surface area contributed by atoms with E-state index in [0.717, 1.165) is 18.7 Å². The van der Waals surface area contributed by atoms with Gasteiger partial charge in [0.1, 0.15) is 5.69 Å². The predicted octanol–water partition coefficient (Wildman–Crippen LogP) is 1.00. The van der Waals surface area contributed by atoms with Crippen LogP contribution in [0.4, 0.5) is 5.69 Å². The molecule has 2 unspecified atom stereocenters. The standard InChI is InChI=1S/C14H22N4O/c1-3-16-14(19)12-8-11(4-6-17-12)18-7-5-10(2)13(18)9-15/h4,6,8,10,13H,3,5,7,9,15H2,1-2H3,(H,16,19). The topological polar surface area (TPSA) is 71.2 Å². The fourth-order valence-corrected chi connectivity index (χ4v) is 2.66. The summed E-state index contributed by atoms with van der Waals surface area (Å²) in [6.45, 7) is 6.36. The maximum Gasteiger partial charge on any atom is 0.269 e. The maximum atomic E-state index is 11.8. The van der Waals surface area contributed by atoms with E-state index in [9.17, 15) is 4.79 Å². The minimum atomic E-state index is -0.124. The lowest BCUT2D eigenvalue weighted by Crippen LogP contribution is -2.38. The normalized spacial score (nSPS) is 22.6. The molecule has 1 aromatic rings. The number of anilines is 1. The molecule has 0 radical (unpaired) electrons. The molecule has 0 aromatic carbocycles. The van der Waals surface area contributed by atoms with Crippen molar-refractivity contribution in [1.82, 2.24) is 10.3 Å². The number of aromatic nitrogens is 1. The molecule has 1 amide bonds. The summed E-state index contributed by atoms with van der Waals surface area (Å²) in [6, 6.07) is 4.15. The molecule has 1 saturated heterocycles. The molecule has 0 spiro atoms. The van der Waals surface area contributed by atoms with Gasteiger partial charge in [0.25, 0.3) is 5.91 Å². The second kappa shape index (κ2) is 6.02. The molecule has 0 saturated carbocycles. The molecule has 5 nitrogen and oxygen atoms in total. The molecule has 0 bridgehead atoms. The SMILES string of the molecule is CCNC(=O)c1cc(N2CCC(C)C2CN)ccn1. The number of amides is 1. The maximum absolute atomic E-state index is 11.8. The summed E-state index contributed by atoms with van der Waals surface area (Å²) < 4.78 is 0. The third-order valence-corrected chi connectivity index (χ3v) is 3.77. The van der Waals surface area contributed by atoms with Crippen LogP contribution in [0.15, 0.2) is 18.3 Å². The van der Waals surface area contributed by atoms with E-state index in [0.29, 0.717) is 30.7 Å². The van der Waals surface area contributed by atoms with Gasteiger partial charge >= 0.3 is 0 Å². The fourth-order valence-electron chi connectivity index (χ4n) is 2.66. The van der Waals surface area contributed by atoms with Gasteiger partial charge in [0.2, 0.25) is 0 Å². The van der Waals surface area contributed by atoms with Gasteiger partial charge in [-0.2, -0.15) is 0 Å². The average Bonchev–Trinajstić information content (AvgIpc) is 2.80. The average molecular weight is 262 g/mol. The van der Waals surface area contributed by atoms with Gasteiger partial charge in [-0.15, -0.1) is 0 Å². The lowest BCUT2D eigenvalue weighted by molar-refractivity contribution is 0.0951. The summed E-state index contributed by atoms with van der Waals surface area (Å²) in [7, 11) is 0. The Labute approximate surface area is 114 Å². The zero-order valence-electron chi connectivity index (χ0n) is 11.6. The molecule has 1 aliphatic rings. The van der Waals surface area contributed by atoms with E-state index in [1.165, 1.54) is 0 Å². The van der Waals surface area contributed by atoms with Crippen molar-refractivity contribution in [2.45, 2.75) is 26.3 Å². The van der Waals surface area contributed by atoms with Crippen LogP contribution < -0.4 is 16.0 Å². The van der Waals surface area contributed by atoms with Crippen LogP contribution in [0.3, 0.4) is 0 Å². The van der Waals surface area contributed by atoms with Crippen molar-refractivity contribution in [2.24, 2.45) is 11.7 Å². The van der Waals surface area contributed by atoms with Crippen molar-refractivity contribution >= 4 is 11.6 Å². The van der Waals surface area contributed by atoms with E-state index in [2.05, 4.69) is 22.1 Å². The monoisotopic (exact) mass is 262 g/mol. The quantitative estimate of drug-likeness (QED) is 0.849. The molecule has 1 aromatic heterocycles. The molecular weight excluding hydrogens is 240 g/mol. The van der Waals surface area contributed by atoms with Crippen LogP contribution in [0, 0.1) is 5.92 Å². The summed E-state index contributed by atoms with van der Waals surface area (Å²) in [5.41, 5.74) is 7.37. The first kappa shape index (κ1) is 13.8. The first-order valence-corrected chi connectivity index (χ1v) is 6.88. The molecular formula is C14H22N4O. The number of nitrogens with one attached hydrogen (secondary N) is 1. The van der Waals surface area contributed by atoms with Gasteiger partial charge in [-0.1, -0.05) is 6.92 Å². The van der Waals surface area contributed by atoms with E-state index in [1.807, 2.05) is 19.1 Å². The second-order valence-corrected chi connectivity index (χ2v) is 5.02. The van der Waals surface area contributed by atoms with Gasteiger partial charge in [0.05, 0.1) is 0 Å². The summed E-state index contributed by atoms with van der Waals surface area (Å²) in [6.07, 6.45) is 2.83. The lowest BCUT2D eigenvalue weighted by Gasteiger charge is -2.27. The number of carbonyl (C=O) groups excluding carboxylic acids is 1. The van der Waals surface area contributed by atoms with Crippen LogP contribution in [-0.4, -0.2) is 36.6 Å². The molecule has 0 aliphatic carbocycles. The fraction of sp³-hybridized carbons (Fsp3) is 0.571. The molecule has 1 aliphatic heterocycles. The molecule has 1 fully saturated rings. The van der Waals surface area contributed by atoms with Crippen LogP contribution in [0.5, 0.6) is 0 Å². The second-order valence-electron chi connectivity index (χ2n) is 5.02. The molecule has 2 heterocycles. The van der Waals surface area contributed by atoms with Crippen LogP contribution in [0.1, 0.15) is 30.8 Å². The first-order chi connectivity index (χ1) is 9.17. The van der Waals surface area contributed by atoms with Crippen molar-refractivity contribution in [3.05, 3.63) is 24.0 Å². The summed E-state index contributed by atoms with van der Waals surface area (Å²) >= 11 is 0. The summed E-state index contributed by atoms with van der Waals surface area (Å²) in [5, 5.41) is 2.77. The van der Waals surface area contributed by atoms with Crippen molar-refractivity contribution in [3.63, 3.8) is 0 Å². The third-order valence-electron chi connectivity index (χ3n) is 3.77. The van der Waals surface area contributed by atoms with E-state index in [1.54, 1.807) is 6.20 Å². The Morgan fingerprint density at radius 3 is 3.11 bits per heavy atom. The van der Waals surface area contributed by atoms with E-state index < -0.39 is 0 Å². The van der Waals surface area contributed by atoms with Crippen molar-refractivity contribution < 1.29 is 4.79 Å².